The van der Waals surface area contributed by atoms with E-state index >= 15 is 0 Å². The molecule has 0 saturated heterocycles. The first-order valence-corrected chi connectivity index (χ1v) is 14.3. The van der Waals surface area contributed by atoms with Crippen LogP contribution in [0, 0.1) is 0 Å². The Morgan fingerprint density at radius 1 is 0.703 bits per heavy atom. The molecule has 192 valence electrons. The largest absolute Gasteiger partial charge is 0.508 e. The van der Waals surface area contributed by atoms with E-state index in [2.05, 4.69) is 104 Å². The zero-order chi connectivity index (χ0) is 25.9. The molecule has 0 heterocycles. The number of hydrogen-bond donors (Lipinski definition) is 2. The number of ether oxygens (including phenoxy) is 2. The summed E-state index contributed by atoms with van der Waals surface area (Å²) in [6.45, 7) is 5.96. The van der Waals surface area contributed by atoms with Crippen LogP contribution in [-0.4, -0.2) is 30.1 Å². The van der Waals surface area contributed by atoms with Crippen LogP contribution in [0.2, 0.25) is 0 Å². The molecular weight excluding hydrogens is 477 g/mol. The Kier molecular flexibility index (Phi) is 9.59. The Balaban J connectivity index is 1.24. The predicted octanol–water partition coefficient (Wildman–Crippen LogP) is 6.24. The molecule has 0 unspecified atom stereocenters. The van der Waals surface area contributed by atoms with Crippen molar-refractivity contribution in [3.8, 4) is 17.2 Å². The topological polar surface area (TPSA) is 50.7 Å². The molecule has 37 heavy (non-hydrogen) atoms. The van der Waals surface area contributed by atoms with Crippen molar-refractivity contribution in [1.29, 1.82) is 0 Å². The second-order valence-corrected chi connectivity index (χ2v) is 11.8. The van der Waals surface area contributed by atoms with Gasteiger partial charge in [0.1, 0.15) is 23.6 Å². The Morgan fingerprint density at radius 3 is 1.84 bits per heavy atom. The van der Waals surface area contributed by atoms with Crippen molar-refractivity contribution in [3.63, 3.8) is 0 Å². The number of hydrogen-bond acceptors (Lipinski definition) is 4. The molecule has 0 spiro atoms. The van der Waals surface area contributed by atoms with Crippen molar-refractivity contribution < 1.29 is 14.6 Å². The lowest BCUT2D eigenvalue weighted by molar-refractivity contribution is 0.293. The van der Waals surface area contributed by atoms with Crippen LogP contribution in [0.15, 0.2) is 109 Å². The minimum atomic E-state index is -0.585. The standard InChI is InChI=1S/C32H36NO3P/c1-32(2,33-22-9-23-35-28-20-16-27(34)17-21-28)24-26-14-18-29(19-15-26)36-25-37(30-10-5-3-6-11-30)31-12-7-4-8-13-31/h3-8,10-21,33-34H,9,22-25H2,1-2H3. The third-order valence-corrected chi connectivity index (χ3v) is 8.33. The number of nitrogens with one attached hydrogen (secondary N) is 1. The molecule has 4 nitrogen and oxygen atoms in total. The minimum Gasteiger partial charge on any atom is -0.508 e. The Hall–Kier alpha value is -3.33. The molecule has 0 aliphatic carbocycles. The second kappa shape index (κ2) is 13.3. The molecule has 0 radical (unpaired) electrons. The zero-order valence-electron chi connectivity index (χ0n) is 21.6. The number of phenolic OH excluding ortho intramolecular Hbond substituents is 1. The summed E-state index contributed by atoms with van der Waals surface area (Å²) in [5, 5.41) is 15.6. The van der Waals surface area contributed by atoms with Gasteiger partial charge in [0.2, 0.25) is 0 Å². The van der Waals surface area contributed by atoms with Gasteiger partial charge in [-0.3, -0.25) is 0 Å². The van der Waals surface area contributed by atoms with Gasteiger partial charge in [0.25, 0.3) is 0 Å². The van der Waals surface area contributed by atoms with Gasteiger partial charge in [0.15, 0.2) is 0 Å². The van der Waals surface area contributed by atoms with E-state index in [-0.39, 0.29) is 11.3 Å². The van der Waals surface area contributed by atoms with E-state index in [9.17, 15) is 5.11 Å². The third kappa shape index (κ3) is 8.63. The molecule has 0 amide bonds. The smallest absolute Gasteiger partial charge is 0.119 e. The Bertz CT molecular complexity index is 1160. The van der Waals surface area contributed by atoms with Gasteiger partial charge >= 0.3 is 0 Å². The lowest BCUT2D eigenvalue weighted by Gasteiger charge is -2.27. The quantitative estimate of drug-likeness (QED) is 0.164. The number of rotatable bonds is 13. The molecule has 0 aliphatic heterocycles. The Labute approximate surface area is 222 Å². The molecule has 0 saturated carbocycles. The first-order valence-electron chi connectivity index (χ1n) is 12.7. The first kappa shape index (κ1) is 26.7. The highest BCUT2D eigenvalue weighted by molar-refractivity contribution is 7.72. The van der Waals surface area contributed by atoms with Crippen LogP contribution in [0.1, 0.15) is 25.8 Å². The van der Waals surface area contributed by atoms with Crippen molar-refractivity contribution in [2.45, 2.75) is 32.2 Å². The van der Waals surface area contributed by atoms with E-state index in [0.29, 0.717) is 13.0 Å². The summed E-state index contributed by atoms with van der Waals surface area (Å²) in [4.78, 5) is 0. The van der Waals surface area contributed by atoms with E-state index in [4.69, 9.17) is 9.47 Å². The predicted molar refractivity (Wildman–Crippen MR) is 155 cm³/mol. The van der Waals surface area contributed by atoms with Crippen LogP contribution in [0.5, 0.6) is 17.2 Å². The van der Waals surface area contributed by atoms with Crippen molar-refractivity contribution >= 4 is 18.5 Å². The summed E-state index contributed by atoms with van der Waals surface area (Å²) in [5.74, 6) is 1.93. The van der Waals surface area contributed by atoms with Crippen LogP contribution in [0.4, 0.5) is 0 Å². The van der Waals surface area contributed by atoms with Crippen molar-refractivity contribution in [2.75, 3.05) is 19.5 Å². The molecule has 2 N–H and O–H groups in total. The molecule has 4 aromatic rings. The highest BCUT2D eigenvalue weighted by atomic mass is 31.1. The van der Waals surface area contributed by atoms with Crippen molar-refractivity contribution in [1.82, 2.24) is 5.32 Å². The molecule has 0 bridgehead atoms. The fraction of sp³-hybridized carbons (Fsp3) is 0.250. The molecular formula is C32H36NO3P. The van der Waals surface area contributed by atoms with Gasteiger partial charge in [0.05, 0.1) is 6.61 Å². The van der Waals surface area contributed by atoms with Crippen molar-refractivity contribution in [3.05, 3.63) is 115 Å². The molecule has 0 aromatic heterocycles. The molecule has 0 fully saturated rings. The SMILES string of the molecule is CC(C)(Cc1ccc(OCP(c2ccccc2)c2ccccc2)cc1)NCCCOc1ccc(O)cc1. The maximum atomic E-state index is 9.36. The van der Waals surface area contributed by atoms with Gasteiger partial charge in [-0.15, -0.1) is 0 Å². The maximum absolute atomic E-state index is 9.36. The normalized spacial score (nSPS) is 11.4. The van der Waals surface area contributed by atoms with Crippen LogP contribution >= 0.6 is 7.92 Å². The van der Waals surface area contributed by atoms with E-state index in [1.807, 2.05) is 0 Å². The number of benzene rings is 4. The highest BCUT2D eigenvalue weighted by Crippen LogP contribution is 2.34. The van der Waals surface area contributed by atoms with E-state index < -0.39 is 7.92 Å². The summed E-state index contributed by atoms with van der Waals surface area (Å²) in [6.07, 6.45) is 2.48. The lowest BCUT2D eigenvalue weighted by Crippen LogP contribution is -2.42. The van der Waals surface area contributed by atoms with E-state index in [1.165, 1.54) is 16.2 Å². The summed E-state index contributed by atoms with van der Waals surface area (Å²) in [6, 6.07) is 36.6. The van der Waals surface area contributed by atoms with Gasteiger partial charge in [-0.25, -0.2) is 0 Å². The van der Waals surface area contributed by atoms with E-state index in [0.717, 1.165) is 30.9 Å². The fourth-order valence-corrected chi connectivity index (χ4v) is 6.10. The van der Waals surface area contributed by atoms with Crippen LogP contribution in [0.25, 0.3) is 0 Å². The van der Waals surface area contributed by atoms with Crippen LogP contribution in [0.3, 0.4) is 0 Å². The molecule has 0 aliphatic rings. The van der Waals surface area contributed by atoms with Gasteiger partial charge in [-0.05, 0) is 93.7 Å². The van der Waals surface area contributed by atoms with Gasteiger partial charge in [-0.2, -0.15) is 0 Å². The van der Waals surface area contributed by atoms with Crippen molar-refractivity contribution in [2.24, 2.45) is 0 Å². The summed E-state index contributed by atoms with van der Waals surface area (Å²) >= 11 is 0. The monoisotopic (exact) mass is 513 g/mol. The van der Waals surface area contributed by atoms with Crippen LogP contribution in [-0.2, 0) is 6.42 Å². The summed E-state index contributed by atoms with van der Waals surface area (Å²) in [5.41, 5.74) is 1.24. The Morgan fingerprint density at radius 2 is 1.24 bits per heavy atom. The summed E-state index contributed by atoms with van der Waals surface area (Å²) in [7, 11) is -0.585. The zero-order valence-corrected chi connectivity index (χ0v) is 22.5. The fourth-order valence-electron chi connectivity index (χ4n) is 4.16. The lowest BCUT2D eigenvalue weighted by atomic mass is 9.95. The average molecular weight is 514 g/mol. The number of phenols is 1. The van der Waals surface area contributed by atoms with Gasteiger partial charge in [-0.1, -0.05) is 72.8 Å². The number of aromatic hydroxyl groups is 1. The third-order valence-electron chi connectivity index (χ3n) is 6.10. The maximum Gasteiger partial charge on any atom is 0.119 e. The molecule has 0 atom stereocenters. The molecule has 5 heteroatoms. The highest BCUT2D eigenvalue weighted by Gasteiger charge is 2.18. The van der Waals surface area contributed by atoms with Gasteiger partial charge in [0, 0.05) is 5.54 Å². The second-order valence-electron chi connectivity index (χ2n) is 9.70. The first-order chi connectivity index (χ1) is 18.0. The minimum absolute atomic E-state index is 0.0319. The van der Waals surface area contributed by atoms with Gasteiger partial charge < -0.3 is 19.9 Å². The van der Waals surface area contributed by atoms with E-state index in [1.54, 1.807) is 24.3 Å². The van der Waals surface area contributed by atoms with Crippen LogP contribution < -0.4 is 25.4 Å². The molecule has 4 aromatic carbocycles. The average Bonchev–Trinajstić information content (AvgIpc) is 2.92. The molecule has 4 rings (SSSR count). The summed E-state index contributed by atoms with van der Waals surface area (Å²) < 4.78 is 12.0.